The molecular formula is C21H23N3O5. The topological polar surface area (TPSA) is 89.1 Å². The molecule has 1 unspecified atom stereocenters. The fourth-order valence-corrected chi connectivity index (χ4v) is 3.29. The van der Waals surface area contributed by atoms with Crippen molar-refractivity contribution < 1.29 is 23.8 Å². The SMILES string of the molecule is O=C(NCC1COc2ccccc2O1)C(=O)Nc1ccccc1N1CCOCC1. The Kier molecular flexibility index (Phi) is 5.81. The maximum Gasteiger partial charge on any atom is 0.313 e. The standard InChI is InChI=1S/C21H23N3O5/c25-20(22-13-15-14-28-18-7-3-4-8-19(18)29-15)21(26)23-16-5-1-2-6-17(16)24-9-11-27-12-10-24/h1-8,15H,9-14H2,(H,22,25)(H,23,26). The summed E-state index contributed by atoms with van der Waals surface area (Å²) in [6.07, 6.45) is -0.359. The predicted molar refractivity (Wildman–Crippen MR) is 107 cm³/mol. The molecular weight excluding hydrogens is 374 g/mol. The molecule has 2 amide bonds. The summed E-state index contributed by atoms with van der Waals surface area (Å²) in [5, 5.41) is 5.32. The van der Waals surface area contributed by atoms with Gasteiger partial charge in [-0.15, -0.1) is 0 Å². The van der Waals surface area contributed by atoms with Crippen LogP contribution in [0.1, 0.15) is 0 Å². The summed E-state index contributed by atoms with van der Waals surface area (Å²) in [6.45, 7) is 3.22. The summed E-state index contributed by atoms with van der Waals surface area (Å²) < 4.78 is 16.8. The predicted octanol–water partition coefficient (Wildman–Crippen LogP) is 1.42. The highest BCUT2D eigenvalue weighted by Crippen LogP contribution is 2.30. The zero-order valence-electron chi connectivity index (χ0n) is 15.9. The molecule has 0 saturated carbocycles. The lowest BCUT2D eigenvalue weighted by Crippen LogP contribution is -2.44. The number of hydrogen-bond acceptors (Lipinski definition) is 6. The van der Waals surface area contributed by atoms with Crippen molar-refractivity contribution in [3.8, 4) is 11.5 Å². The van der Waals surface area contributed by atoms with E-state index in [4.69, 9.17) is 14.2 Å². The number of carbonyl (C=O) groups excluding carboxylic acids is 2. The number of hydrogen-bond donors (Lipinski definition) is 2. The lowest BCUT2D eigenvalue weighted by Gasteiger charge is -2.30. The van der Waals surface area contributed by atoms with Gasteiger partial charge in [0.25, 0.3) is 0 Å². The minimum absolute atomic E-state index is 0.172. The number of nitrogens with one attached hydrogen (secondary N) is 2. The van der Waals surface area contributed by atoms with Gasteiger partial charge >= 0.3 is 11.8 Å². The third kappa shape index (κ3) is 4.60. The van der Waals surface area contributed by atoms with Gasteiger partial charge in [-0.25, -0.2) is 0 Å². The van der Waals surface area contributed by atoms with Crippen LogP contribution in [0.25, 0.3) is 0 Å². The molecule has 1 atom stereocenters. The van der Waals surface area contributed by atoms with E-state index < -0.39 is 11.8 Å². The molecule has 1 saturated heterocycles. The molecule has 8 nitrogen and oxygen atoms in total. The fourth-order valence-electron chi connectivity index (χ4n) is 3.29. The van der Waals surface area contributed by atoms with Crippen LogP contribution in [0.4, 0.5) is 11.4 Å². The Bertz CT molecular complexity index is 882. The molecule has 2 aliphatic rings. The van der Waals surface area contributed by atoms with Gasteiger partial charge in [0.15, 0.2) is 11.5 Å². The average Bonchev–Trinajstić information content (AvgIpc) is 2.78. The van der Waals surface area contributed by atoms with Crippen LogP contribution in [0.3, 0.4) is 0 Å². The van der Waals surface area contributed by atoms with Crippen LogP contribution >= 0.6 is 0 Å². The first kappa shape index (κ1) is 19.1. The highest BCUT2D eigenvalue weighted by atomic mass is 16.6. The third-order valence-corrected chi connectivity index (χ3v) is 4.77. The molecule has 1 fully saturated rings. The normalized spacial score (nSPS) is 18.1. The molecule has 29 heavy (non-hydrogen) atoms. The maximum absolute atomic E-state index is 12.4. The molecule has 4 rings (SSSR count). The van der Waals surface area contributed by atoms with Gasteiger partial charge in [0.05, 0.1) is 31.1 Å². The zero-order chi connectivity index (χ0) is 20.1. The number of benzene rings is 2. The zero-order valence-corrected chi connectivity index (χ0v) is 15.9. The van der Waals surface area contributed by atoms with Crippen LogP contribution in [0.5, 0.6) is 11.5 Å². The molecule has 2 aromatic rings. The van der Waals surface area contributed by atoms with Gasteiger partial charge in [-0.05, 0) is 24.3 Å². The van der Waals surface area contributed by atoms with Crippen molar-refractivity contribution in [2.24, 2.45) is 0 Å². The Hall–Kier alpha value is -3.26. The van der Waals surface area contributed by atoms with E-state index in [0.717, 1.165) is 18.8 Å². The minimum atomic E-state index is -0.720. The molecule has 2 aliphatic heterocycles. The highest BCUT2D eigenvalue weighted by molar-refractivity contribution is 6.39. The molecule has 0 aliphatic carbocycles. The van der Waals surface area contributed by atoms with E-state index in [0.29, 0.717) is 37.0 Å². The van der Waals surface area contributed by atoms with Gasteiger partial charge in [0.1, 0.15) is 12.7 Å². The number of fused-ring (bicyclic) bond motifs is 1. The molecule has 2 heterocycles. The number of rotatable bonds is 4. The molecule has 0 bridgehead atoms. The van der Waals surface area contributed by atoms with E-state index >= 15 is 0 Å². The second-order valence-electron chi connectivity index (χ2n) is 6.78. The van der Waals surface area contributed by atoms with E-state index in [1.165, 1.54) is 0 Å². The lowest BCUT2D eigenvalue weighted by molar-refractivity contribution is -0.136. The maximum atomic E-state index is 12.4. The molecule has 152 valence electrons. The Balaban J connectivity index is 1.32. The van der Waals surface area contributed by atoms with E-state index in [2.05, 4.69) is 15.5 Å². The van der Waals surface area contributed by atoms with E-state index in [1.54, 1.807) is 12.1 Å². The monoisotopic (exact) mass is 397 g/mol. The Morgan fingerprint density at radius 2 is 1.69 bits per heavy atom. The number of para-hydroxylation sites is 4. The number of nitrogens with zero attached hydrogens (tertiary/aromatic N) is 1. The second-order valence-corrected chi connectivity index (χ2v) is 6.78. The van der Waals surface area contributed by atoms with Crippen molar-refractivity contribution in [3.05, 3.63) is 48.5 Å². The third-order valence-electron chi connectivity index (χ3n) is 4.77. The van der Waals surface area contributed by atoms with Crippen molar-refractivity contribution in [3.63, 3.8) is 0 Å². The quantitative estimate of drug-likeness (QED) is 0.759. The van der Waals surface area contributed by atoms with Crippen LogP contribution in [0, 0.1) is 0 Å². The van der Waals surface area contributed by atoms with Crippen LogP contribution in [0.2, 0.25) is 0 Å². The first-order valence-corrected chi connectivity index (χ1v) is 9.60. The highest BCUT2D eigenvalue weighted by Gasteiger charge is 2.23. The van der Waals surface area contributed by atoms with Crippen molar-refractivity contribution in [2.75, 3.05) is 49.7 Å². The van der Waals surface area contributed by atoms with E-state index in [1.807, 2.05) is 36.4 Å². The lowest BCUT2D eigenvalue weighted by atomic mass is 10.2. The van der Waals surface area contributed by atoms with E-state index in [9.17, 15) is 9.59 Å². The van der Waals surface area contributed by atoms with Gasteiger partial charge in [-0.1, -0.05) is 24.3 Å². The van der Waals surface area contributed by atoms with Crippen LogP contribution in [-0.2, 0) is 14.3 Å². The van der Waals surface area contributed by atoms with Crippen LogP contribution < -0.4 is 25.0 Å². The Morgan fingerprint density at radius 1 is 0.966 bits per heavy atom. The molecule has 2 aromatic carbocycles. The van der Waals surface area contributed by atoms with Gasteiger partial charge in [0.2, 0.25) is 0 Å². The summed E-state index contributed by atoms with van der Waals surface area (Å²) in [4.78, 5) is 26.8. The molecule has 8 heteroatoms. The average molecular weight is 397 g/mol. The molecule has 0 spiro atoms. The number of anilines is 2. The van der Waals surface area contributed by atoms with Crippen molar-refractivity contribution in [1.82, 2.24) is 5.32 Å². The van der Waals surface area contributed by atoms with Crippen LogP contribution in [0.15, 0.2) is 48.5 Å². The fraction of sp³-hybridized carbons (Fsp3) is 0.333. The summed E-state index contributed by atoms with van der Waals surface area (Å²) in [6, 6.07) is 14.8. The van der Waals surface area contributed by atoms with Crippen molar-refractivity contribution in [2.45, 2.75) is 6.10 Å². The van der Waals surface area contributed by atoms with Gasteiger partial charge in [0, 0.05) is 13.1 Å². The Morgan fingerprint density at radius 3 is 2.52 bits per heavy atom. The van der Waals surface area contributed by atoms with E-state index in [-0.39, 0.29) is 12.6 Å². The number of ether oxygens (including phenoxy) is 3. The first-order chi connectivity index (χ1) is 14.2. The number of carbonyl (C=O) groups is 2. The van der Waals surface area contributed by atoms with Gasteiger partial charge in [-0.3, -0.25) is 9.59 Å². The number of morpholine rings is 1. The molecule has 2 N–H and O–H groups in total. The molecule has 0 radical (unpaired) electrons. The summed E-state index contributed by atoms with van der Waals surface area (Å²) in [7, 11) is 0. The van der Waals surface area contributed by atoms with Crippen LogP contribution in [-0.4, -0.2) is 57.4 Å². The van der Waals surface area contributed by atoms with Crippen molar-refractivity contribution in [1.29, 1.82) is 0 Å². The van der Waals surface area contributed by atoms with Crippen molar-refractivity contribution >= 4 is 23.2 Å². The largest absolute Gasteiger partial charge is 0.486 e. The van der Waals surface area contributed by atoms with Gasteiger partial charge < -0.3 is 29.7 Å². The smallest absolute Gasteiger partial charge is 0.313 e. The Labute approximate surface area is 168 Å². The second kappa shape index (κ2) is 8.83. The van der Waals surface area contributed by atoms with Gasteiger partial charge in [-0.2, -0.15) is 0 Å². The minimum Gasteiger partial charge on any atom is -0.486 e. The number of amides is 2. The summed E-state index contributed by atoms with van der Waals surface area (Å²) in [5.74, 6) is -0.137. The first-order valence-electron chi connectivity index (χ1n) is 9.60. The molecule has 0 aromatic heterocycles. The summed E-state index contributed by atoms with van der Waals surface area (Å²) >= 11 is 0. The summed E-state index contributed by atoms with van der Waals surface area (Å²) in [5.41, 5.74) is 1.47.